The van der Waals surface area contributed by atoms with Gasteiger partial charge >= 0.3 is 5.97 Å². The molecule has 0 fully saturated rings. The van der Waals surface area contributed by atoms with E-state index < -0.39 is 12.1 Å². The molecule has 2 aromatic heterocycles. The SMILES string of the molecule is COC(=O)[C@@H](C)Oc1ccc(C=Nn2c(-c3cc4c(OC)cccc4o3)nc3ccccc3c2=O)cc1OC. The van der Waals surface area contributed by atoms with E-state index in [1.54, 1.807) is 56.5 Å². The molecule has 0 aliphatic rings. The first-order chi connectivity index (χ1) is 18.9. The van der Waals surface area contributed by atoms with Gasteiger partial charge in [-0.05, 0) is 61.0 Å². The number of methoxy groups -OCH3 is 3. The average molecular weight is 528 g/mol. The lowest BCUT2D eigenvalue weighted by atomic mass is 10.2. The number of aromatic nitrogens is 2. The maximum Gasteiger partial charge on any atom is 0.346 e. The van der Waals surface area contributed by atoms with Gasteiger partial charge in [-0.15, -0.1) is 0 Å². The summed E-state index contributed by atoms with van der Waals surface area (Å²) in [5.41, 5.74) is 1.35. The zero-order chi connectivity index (χ0) is 27.5. The van der Waals surface area contributed by atoms with Crippen LogP contribution in [-0.2, 0) is 9.53 Å². The summed E-state index contributed by atoms with van der Waals surface area (Å²) in [5.74, 6) is 1.44. The number of hydrogen-bond acceptors (Lipinski definition) is 9. The lowest BCUT2D eigenvalue weighted by Gasteiger charge is -2.15. The first-order valence-corrected chi connectivity index (χ1v) is 12.0. The zero-order valence-electron chi connectivity index (χ0n) is 21.7. The van der Waals surface area contributed by atoms with E-state index in [1.807, 2.05) is 24.3 Å². The quantitative estimate of drug-likeness (QED) is 0.212. The van der Waals surface area contributed by atoms with E-state index in [-0.39, 0.29) is 11.4 Å². The van der Waals surface area contributed by atoms with Crippen LogP contribution in [0.2, 0.25) is 0 Å². The summed E-state index contributed by atoms with van der Waals surface area (Å²) in [6.07, 6.45) is 0.677. The Labute approximate surface area is 223 Å². The smallest absolute Gasteiger partial charge is 0.346 e. The number of esters is 1. The van der Waals surface area contributed by atoms with Crippen LogP contribution in [0.1, 0.15) is 12.5 Å². The fourth-order valence-corrected chi connectivity index (χ4v) is 4.10. The van der Waals surface area contributed by atoms with Gasteiger partial charge in [-0.1, -0.05) is 18.2 Å². The van der Waals surface area contributed by atoms with E-state index in [0.29, 0.717) is 45.1 Å². The molecule has 3 aromatic carbocycles. The van der Waals surface area contributed by atoms with Crippen LogP contribution in [0.3, 0.4) is 0 Å². The Hall–Kier alpha value is -5.12. The Balaban J connectivity index is 1.59. The molecule has 0 aliphatic carbocycles. The summed E-state index contributed by atoms with van der Waals surface area (Å²) < 4.78 is 28.5. The monoisotopic (exact) mass is 527 g/mol. The largest absolute Gasteiger partial charge is 0.496 e. The third kappa shape index (κ3) is 4.91. The highest BCUT2D eigenvalue weighted by Crippen LogP contribution is 2.33. The molecular weight excluding hydrogens is 502 g/mol. The summed E-state index contributed by atoms with van der Waals surface area (Å²) in [7, 11) is 4.35. The summed E-state index contributed by atoms with van der Waals surface area (Å²) in [4.78, 5) is 30.0. The highest BCUT2D eigenvalue weighted by molar-refractivity contribution is 5.88. The minimum atomic E-state index is -0.823. The molecule has 0 saturated heterocycles. The van der Waals surface area contributed by atoms with Crippen molar-refractivity contribution in [3.05, 3.63) is 82.6 Å². The van der Waals surface area contributed by atoms with Gasteiger partial charge in [0.2, 0.25) is 5.82 Å². The molecule has 10 heteroatoms. The van der Waals surface area contributed by atoms with Crippen molar-refractivity contribution < 1.29 is 28.2 Å². The predicted octanol–water partition coefficient (Wildman–Crippen LogP) is 4.65. The highest BCUT2D eigenvalue weighted by Gasteiger charge is 2.19. The van der Waals surface area contributed by atoms with Crippen molar-refractivity contribution in [2.45, 2.75) is 13.0 Å². The molecule has 198 valence electrons. The number of fused-ring (bicyclic) bond motifs is 2. The molecule has 0 N–H and O–H groups in total. The van der Waals surface area contributed by atoms with Gasteiger partial charge in [0, 0.05) is 0 Å². The molecule has 1 atom stereocenters. The lowest BCUT2D eigenvalue weighted by molar-refractivity contribution is -0.147. The second kappa shape index (κ2) is 10.7. The fourth-order valence-electron chi connectivity index (χ4n) is 4.10. The normalized spacial score (nSPS) is 12.1. The topological polar surface area (TPSA) is 114 Å². The number of para-hydroxylation sites is 1. The van der Waals surface area contributed by atoms with Crippen LogP contribution >= 0.6 is 0 Å². The van der Waals surface area contributed by atoms with Crippen molar-refractivity contribution in [2.24, 2.45) is 5.10 Å². The van der Waals surface area contributed by atoms with Gasteiger partial charge in [0.1, 0.15) is 11.3 Å². The number of carbonyl (C=O) groups excluding carboxylic acids is 1. The van der Waals surface area contributed by atoms with Crippen molar-refractivity contribution in [2.75, 3.05) is 21.3 Å². The maximum absolute atomic E-state index is 13.5. The van der Waals surface area contributed by atoms with Gasteiger partial charge in [-0.25, -0.2) is 9.78 Å². The first kappa shape index (κ1) is 25.5. The number of rotatable bonds is 8. The summed E-state index contributed by atoms with van der Waals surface area (Å²) >= 11 is 0. The highest BCUT2D eigenvalue weighted by atomic mass is 16.6. The Morgan fingerprint density at radius 3 is 2.51 bits per heavy atom. The van der Waals surface area contributed by atoms with Crippen molar-refractivity contribution in [1.29, 1.82) is 0 Å². The van der Waals surface area contributed by atoms with Gasteiger partial charge < -0.3 is 23.4 Å². The second-order valence-electron chi connectivity index (χ2n) is 8.49. The molecule has 0 spiro atoms. The Morgan fingerprint density at radius 1 is 0.949 bits per heavy atom. The van der Waals surface area contributed by atoms with Gasteiger partial charge in [0.25, 0.3) is 5.56 Å². The molecule has 5 rings (SSSR count). The van der Waals surface area contributed by atoms with Crippen LogP contribution in [0.4, 0.5) is 0 Å². The van der Waals surface area contributed by atoms with Crippen molar-refractivity contribution >= 4 is 34.1 Å². The van der Waals surface area contributed by atoms with E-state index in [2.05, 4.69) is 5.10 Å². The summed E-state index contributed by atoms with van der Waals surface area (Å²) in [5, 5.41) is 5.63. The number of benzene rings is 3. The summed E-state index contributed by atoms with van der Waals surface area (Å²) in [6.45, 7) is 1.58. The number of ether oxygens (including phenoxy) is 4. The number of nitrogens with zero attached hydrogens (tertiary/aromatic N) is 3. The van der Waals surface area contributed by atoms with E-state index in [0.717, 1.165) is 5.39 Å². The number of furan rings is 1. The van der Waals surface area contributed by atoms with E-state index in [9.17, 15) is 9.59 Å². The van der Waals surface area contributed by atoms with Gasteiger partial charge in [0.15, 0.2) is 23.4 Å². The van der Waals surface area contributed by atoms with Crippen molar-refractivity contribution in [1.82, 2.24) is 9.66 Å². The molecule has 0 radical (unpaired) electrons. The van der Waals surface area contributed by atoms with Gasteiger partial charge in [-0.2, -0.15) is 9.78 Å². The van der Waals surface area contributed by atoms with Crippen LogP contribution in [-0.4, -0.2) is 49.3 Å². The van der Waals surface area contributed by atoms with Gasteiger partial charge in [-0.3, -0.25) is 4.79 Å². The fraction of sp³-hybridized carbons (Fsp3) is 0.172. The lowest BCUT2D eigenvalue weighted by Crippen LogP contribution is -2.25. The van der Waals surface area contributed by atoms with Gasteiger partial charge in [0.05, 0.1) is 43.8 Å². The zero-order valence-corrected chi connectivity index (χ0v) is 21.7. The number of carbonyl (C=O) groups is 1. The van der Waals surface area contributed by atoms with Crippen LogP contribution in [0.25, 0.3) is 33.5 Å². The standard InChI is InChI=1S/C29H25N3O7/c1-17(29(34)37-4)38-24-13-12-18(14-25(24)36-3)16-30-32-27(31-21-9-6-5-8-19(21)28(32)33)26-15-20-22(35-2)10-7-11-23(20)39-26/h5-17H,1-4H3/t17-/m1/s1. The van der Waals surface area contributed by atoms with E-state index in [1.165, 1.54) is 25.1 Å². The first-order valence-electron chi connectivity index (χ1n) is 12.0. The van der Waals surface area contributed by atoms with Crippen LogP contribution in [0.15, 0.2) is 81.0 Å². The second-order valence-corrected chi connectivity index (χ2v) is 8.49. The molecule has 0 saturated carbocycles. The third-order valence-electron chi connectivity index (χ3n) is 6.06. The molecule has 0 aliphatic heterocycles. The van der Waals surface area contributed by atoms with Crippen LogP contribution in [0.5, 0.6) is 17.2 Å². The Bertz CT molecular complexity index is 1770. The molecule has 10 nitrogen and oxygen atoms in total. The predicted molar refractivity (Wildman–Crippen MR) is 146 cm³/mol. The number of hydrogen-bond donors (Lipinski definition) is 0. The average Bonchev–Trinajstić information content (AvgIpc) is 3.41. The van der Waals surface area contributed by atoms with E-state index in [4.69, 9.17) is 28.3 Å². The molecule has 0 bridgehead atoms. The molecule has 0 unspecified atom stereocenters. The third-order valence-corrected chi connectivity index (χ3v) is 6.06. The van der Waals surface area contributed by atoms with Crippen molar-refractivity contribution in [3.8, 4) is 28.8 Å². The molecule has 39 heavy (non-hydrogen) atoms. The molecule has 5 aromatic rings. The van der Waals surface area contributed by atoms with E-state index >= 15 is 0 Å². The Kier molecular flexibility index (Phi) is 7.00. The molecule has 0 amide bonds. The minimum absolute atomic E-state index is 0.229. The Morgan fingerprint density at radius 2 is 1.74 bits per heavy atom. The molecular formula is C29H25N3O7. The summed E-state index contributed by atoms with van der Waals surface area (Å²) in [6, 6.07) is 19.3. The van der Waals surface area contributed by atoms with Crippen molar-refractivity contribution in [3.63, 3.8) is 0 Å². The minimum Gasteiger partial charge on any atom is -0.496 e. The van der Waals surface area contributed by atoms with Crippen LogP contribution < -0.4 is 19.8 Å². The maximum atomic E-state index is 13.5. The van der Waals surface area contributed by atoms with Crippen LogP contribution in [0, 0.1) is 0 Å². The molecule has 2 heterocycles.